The predicted molar refractivity (Wildman–Crippen MR) is 109 cm³/mol. The summed E-state index contributed by atoms with van der Waals surface area (Å²) in [5.74, 6) is 0.254. The number of imidazole rings is 1. The van der Waals surface area contributed by atoms with Crippen LogP contribution in [0.5, 0.6) is 0 Å². The average molecular weight is 492 g/mol. The van der Waals surface area contributed by atoms with E-state index in [4.69, 9.17) is 18.5 Å². The van der Waals surface area contributed by atoms with Crippen LogP contribution in [-0.4, -0.2) is 83.9 Å². The number of fused-ring (bicyclic) bond motifs is 2. The van der Waals surface area contributed by atoms with Crippen molar-refractivity contribution < 1.29 is 37.4 Å². The molecule has 1 fully saturated rings. The monoisotopic (exact) mass is 492 g/mol. The molecule has 4 heterocycles. The lowest BCUT2D eigenvalue weighted by molar-refractivity contribution is -0.0565. The molecule has 3 aromatic heterocycles. The topological polar surface area (TPSA) is 182 Å². The first-order chi connectivity index (χ1) is 14.9. The van der Waals surface area contributed by atoms with Crippen LogP contribution in [-0.2, 0) is 34.7 Å². The van der Waals surface area contributed by atoms with E-state index in [0.29, 0.717) is 0 Å². The van der Waals surface area contributed by atoms with Crippen molar-refractivity contribution in [3.8, 4) is 0 Å². The molecule has 6 atom stereocenters. The zero-order valence-corrected chi connectivity index (χ0v) is 19.3. The molecule has 4 rings (SSSR count). The van der Waals surface area contributed by atoms with Crippen molar-refractivity contribution in [2.24, 2.45) is 7.05 Å². The van der Waals surface area contributed by atoms with Gasteiger partial charge >= 0.3 is 20.8 Å². The van der Waals surface area contributed by atoms with Gasteiger partial charge in [-0.2, -0.15) is 14.6 Å². The van der Waals surface area contributed by atoms with Crippen molar-refractivity contribution in [2.45, 2.75) is 24.5 Å². The summed E-state index contributed by atoms with van der Waals surface area (Å²) < 4.78 is 49.3. The van der Waals surface area contributed by atoms with Gasteiger partial charge in [-0.3, -0.25) is 23.0 Å². The standard InChI is InChI=1S/C15H22N6O9P2/c1-19-7-17-21-13(22)9-12(18-15(19)21)20(6-16-9)14-11(27-2)10(30-32(4,25)26)8(29-14)5-28-31(3,23)24/h6-8,10-11,14H,5H2,1-4H3,(H,23,24)(H,25,26)/t8-,10-,11-,14-/m1/s1. The summed E-state index contributed by atoms with van der Waals surface area (Å²) in [5, 5.41) is 3.97. The lowest BCUT2D eigenvalue weighted by atomic mass is 10.1. The Balaban J connectivity index is 1.78. The second kappa shape index (κ2) is 8.12. The summed E-state index contributed by atoms with van der Waals surface area (Å²) in [5.41, 5.74) is -0.309. The minimum absolute atomic E-state index is 0.0218. The smallest absolute Gasteiger partial charge is 0.325 e. The third-order valence-electron chi connectivity index (χ3n) is 4.84. The molecule has 1 aliphatic heterocycles. The van der Waals surface area contributed by atoms with Crippen molar-refractivity contribution in [3.63, 3.8) is 0 Å². The molecular weight excluding hydrogens is 470 g/mol. The van der Waals surface area contributed by atoms with Gasteiger partial charge in [-0.15, -0.1) is 0 Å². The second-order valence-corrected chi connectivity index (χ2v) is 11.1. The molecule has 0 bridgehead atoms. The summed E-state index contributed by atoms with van der Waals surface area (Å²) in [6, 6.07) is 0. The molecular formula is C15H22N6O9P2. The van der Waals surface area contributed by atoms with Crippen LogP contribution in [0.2, 0.25) is 0 Å². The highest BCUT2D eigenvalue weighted by Crippen LogP contribution is 2.46. The lowest BCUT2D eigenvalue weighted by Crippen LogP contribution is -2.37. The number of hydrogen-bond donors (Lipinski definition) is 2. The van der Waals surface area contributed by atoms with Crippen molar-refractivity contribution in [2.75, 3.05) is 27.0 Å². The Morgan fingerprint density at radius 2 is 1.91 bits per heavy atom. The minimum Gasteiger partial charge on any atom is -0.374 e. The number of ether oxygens (including phenoxy) is 2. The maximum atomic E-state index is 12.7. The molecule has 0 amide bonds. The number of aryl methyl sites for hydroxylation is 1. The fourth-order valence-corrected chi connectivity index (χ4v) is 4.66. The summed E-state index contributed by atoms with van der Waals surface area (Å²) in [4.78, 5) is 40.6. The Labute approximate surface area is 180 Å². The highest BCUT2D eigenvalue weighted by Gasteiger charge is 2.50. The lowest BCUT2D eigenvalue weighted by Gasteiger charge is -2.24. The van der Waals surface area contributed by atoms with Gasteiger partial charge in [0, 0.05) is 27.5 Å². The molecule has 0 aromatic carbocycles. The van der Waals surface area contributed by atoms with Gasteiger partial charge in [-0.25, -0.2) is 4.98 Å². The van der Waals surface area contributed by atoms with Crippen molar-refractivity contribution >= 4 is 32.1 Å². The number of methoxy groups -OCH3 is 1. The molecule has 176 valence electrons. The Morgan fingerprint density at radius 1 is 1.19 bits per heavy atom. The van der Waals surface area contributed by atoms with E-state index in [1.807, 2.05) is 0 Å². The number of rotatable bonds is 7. The minimum atomic E-state index is -4.01. The maximum Gasteiger partial charge on any atom is 0.325 e. The normalized spacial score (nSPS) is 27.7. The van der Waals surface area contributed by atoms with Gasteiger partial charge in [0.1, 0.15) is 24.6 Å². The maximum absolute atomic E-state index is 12.7. The molecule has 17 heteroatoms. The summed E-state index contributed by atoms with van der Waals surface area (Å²) in [7, 11) is -4.87. The van der Waals surface area contributed by atoms with Gasteiger partial charge in [0.15, 0.2) is 17.4 Å². The highest BCUT2D eigenvalue weighted by atomic mass is 31.2. The van der Waals surface area contributed by atoms with Gasteiger partial charge in [0.2, 0.25) is 5.78 Å². The van der Waals surface area contributed by atoms with Crippen LogP contribution in [0.15, 0.2) is 17.4 Å². The predicted octanol–water partition coefficient (Wildman–Crippen LogP) is -0.278. The summed E-state index contributed by atoms with van der Waals surface area (Å²) in [6.45, 7) is 1.58. The molecule has 2 unspecified atom stereocenters. The molecule has 1 aliphatic rings. The third kappa shape index (κ3) is 4.30. The van der Waals surface area contributed by atoms with E-state index in [0.717, 1.165) is 17.8 Å². The van der Waals surface area contributed by atoms with E-state index < -0.39 is 51.9 Å². The van der Waals surface area contributed by atoms with Crippen LogP contribution in [0, 0.1) is 0 Å². The molecule has 0 spiro atoms. The van der Waals surface area contributed by atoms with Crippen molar-refractivity contribution in [3.05, 3.63) is 23.0 Å². The fraction of sp³-hybridized carbons (Fsp3) is 0.600. The first kappa shape index (κ1) is 23.2. The van der Waals surface area contributed by atoms with Gasteiger partial charge < -0.3 is 28.4 Å². The van der Waals surface area contributed by atoms with Crippen LogP contribution in [0.25, 0.3) is 16.9 Å². The Kier molecular flexibility index (Phi) is 5.89. The Bertz CT molecular complexity index is 1310. The molecule has 0 radical (unpaired) electrons. The summed E-state index contributed by atoms with van der Waals surface area (Å²) in [6.07, 6.45) is -1.43. The molecule has 0 saturated carbocycles. The molecule has 0 aliphatic carbocycles. The van der Waals surface area contributed by atoms with Crippen LogP contribution in [0.3, 0.4) is 0 Å². The largest absolute Gasteiger partial charge is 0.374 e. The van der Waals surface area contributed by atoms with E-state index in [-0.39, 0.29) is 16.9 Å². The number of hydrogen-bond acceptors (Lipinski definition) is 10. The average Bonchev–Trinajstić information content (AvgIpc) is 3.35. The quantitative estimate of drug-likeness (QED) is 0.412. The highest BCUT2D eigenvalue weighted by molar-refractivity contribution is 7.52. The van der Waals surface area contributed by atoms with Crippen LogP contribution < -0.4 is 5.56 Å². The van der Waals surface area contributed by atoms with Crippen molar-refractivity contribution in [1.29, 1.82) is 0 Å². The zero-order valence-electron chi connectivity index (χ0n) is 17.5. The fourth-order valence-electron chi connectivity index (χ4n) is 3.53. The van der Waals surface area contributed by atoms with Gasteiger partial charge in [-0.1, -0.05) is 0 Å². The van der Waals surface area contributed by atoms with E-state index in [1.54, 1.807) is 11.6 Å². The van der Waals surface area contributed by atoms with Gasteiger partial charge in [0.25, 0.3) is 0 Å². The first-order valence-electron chi connectivity index (χ1n) is 9.28. The van der Waals surface area contributed by atoms with Crippen LogP contribution in [0.4, 0.5) is 0 Å². The molecule has 15 nitrogen and oxygen atoms in total. The van der Waals surface area contributed by atoms with Crippen molar-refractivity contribution in [1.82, 2.24) is 28.7 Å². The third-order valence-corrected chi connectivity index (χ3v) is 6.10. The number of aromatic nitrogens is 6. The Morgan fingerprint density at radius 3 is 2.53 bits per heavy atom. The van der Waals surface area contributed by atoms with E-state index in [9.17, 15) is 23.7 Å². The molecule has 2 N–H and O–H groups in total. The van der Waals surface area contributed by atoms with Gasteiger partial charge in [-0.05, 0) is 0 Å². The molecule has 3 aromatic rings. The van der Waals surface area contributed by atoms with Crippen LogP contribution in [0.1, 0.15) is 6.23 Å². The second-order valence-electron chi connectivity index (χ2n) is 7.43. The van der Waals surface area contributed by atoms with E-state index in [1.165, 1.54) is 24.3 Å². The van der Waals surface area contributed by atoms with Gasteiger partial charge in [0.05, 0.1) is 12.9 Å². The van der Waals surface area contributed by atoms with E-state index >= 15 is 0 Å². The molecule has 32 heavy (non-hydrogen) atoms. The summed E-state index contributed by atoms with van der Waals surface area (Å²) >= 11 is 0. The van der Waals surface area contributed by atoms with E-state index in [2.05, 4.69) is 15.1 Å². The Hall–Kier alpha value is -1.96. The number of nitrogens with zero attached hydrogens (tertiary/aromatic N) is 6. The zero-order chi connectivity index (χ0) is 23.4. The SMILES string of the molecule is CO[C@@H]1[C@H](OP(C)(=O)O)[C@@H](COP(C)(=O)O)O[C@H]1n1cnc2c(=O)n3ncn(C)c3nc21. The molecule has 1 saturated heterocycles. The van der Waals surface area contributed by atoms with Crippen LogP contribution >= 0.6 is 15.2 Å². The first-order valence-corrected chi connectivity index (χ1v) is 13.3.